The van der Waals surface area contributed by atoms with E-state index in [1.807, 2.05) is 0 Å². The Balaban J connectivity index is 0.00000364. The van der Waals surface area contributed by atoms with Crippen LogP contribution < -0.4 is 69.7 Å². The summed E-state index contributed by atoms with van der Waals surface area (Å²) in [6.07, 6.45) is 0.318. The Morgan fingerprint density at radius 1 is 1.11 bits per heavy atom. The van der Waals surface area contributed by atoms with Gasteiger partial charge in [-0.15, -0.1) is 0 Å². The molecule has 1 aliphatic rings. The maximum atomic E-state index is 11.4. The molecule has 1 fully saturated rings. The third kappa shape index (κ3) is 7.74. The summed E-state index contributed by atoms with van der Waals surface area (Å²) >= 11 is 4.98. The van der Waals surface area contributed by atoms with E-state index in [0.717, 1.165) is 19.1 Å². The molecule has 146 valence electrons. The Bertz CT molecular complexity index is 1020. The second-order valence-electron chi connectivity index (χ2n) is 5.70. The number of anilines is 1. The quantitative estimate of drug-likeness (QED) is 0.234. The van der Waals surface area contributed by atoms with Gasteiger partial charge in [0.05, 0.1) is 21.3 Å². The predicted octanol–water partition coefficient (Wildman–Crippen LogP) is -6.72. The minimum absolute atomic E-state index is 0. The number of nitrogens with one attached hydrogen (secondary N) is 2. The molecule has 1 heterocycles. The summed E-state index contributed by atoms with van der Waals surface area (Å²) in [5.41, 5.74) is -0.695. The van der Waals surface area contributed by atoms with E-state index in [1.54, 1.807) is 0 Å². The summed E-state index contributed by atoms with van der Waals surface area (Å²) < 4.78 is 90.8. The first-order valence-electron chi connectivity index (χ1n) is 7.03. The van der Waals surface area contributed by atoms with E-state index in [-0.39, 0.29) is 81.4 Å². The van der Waals surface area contributed by atoms with Gasteiger partial charge in [-0.3, -0.25) is 0 Å². The summed E-state index contributed by atoms with van der Waals surface area (Å²) in [6, 6.07) is 1.24. The summed E-state index contributed by atoms with van der Waals surface area (Å²) in [6.45, 7) is 1.03. The minimum Gasteiger partial charge on any atom is -0.744 e. The van der Waals surface area contributed by atoms with Gasteiger partial charge in [0.15, 0.2) is 14.9 Å². The molecule has 0 aromatic heterocycles. The summed E-state index contributed by atoms with van der Waals surface area (Å²) in [7, 11) is -13.3. The van der Waals surface area contributed by atoms with Crippen LogP contribution in [-0.4, -0.2) is 57.0 Å². The van der Waals surface area contributed by atoms with Gasteiger partial charge in [-0.1, -0.05) is 0 Å². The standard InChI is InChI=1S/C12H16N2O8S4.2Na/c1-7-10(25(17,18)19)4-9(5-11(7)26(20,21)22)14-12(23)13-8-2-3-24(15,16)6-8;;/h4-5,8H,2-3,6H2,1H3,(H2,13,14,23)(H,17,18,19)(H,20,21,22);;/q;2*+1/p-2. The Hall–Kier alpha value is 0.680. The fourth-order valence-electron chi connectivity index (χ4n) is 2.51. The van der Waals surface area contributed by atoms with E-state index < -0.39 is 51.5 Å². The van der Waals surface area contributed by atoms with Crippen molar-refractivity contribution >= 4 is 53.1 Å². The fourth-order valence-corrected chi connectivity index (χ4v) is 6.05. The molecule has 1 atom stereocenters. The first-order valence-corrected chi connectivity index (χ1v) is 12.1. The topological polar surface area (TPSA) is 173 Å². The molecule has 16 heteroatoms. The molecule has 1 aliphatic heterocycles. The van der Waals surface area contributed by atoms with Gasteiger partial charge in [-0.05, 0) is 43.3 Å². The van der Waals surface area contributed by atoms with E-state index in [9.17, 15) is 34.4 Å². The number of hydrogen-bond donors (Lipinski definition) is 2. The zero-order chi connectivity index (χ0) is 19.9. The van der Waals surface area contributed by atoms with Gasteiger partial charge in [0.1, 0.15) is 20.2 Å². The van der Waals surface area contributed by atoms with Crippen LogP contribution >= 0.6 is 12.2 Å². The Kier molecular flexibility index (Phi) is 10.6. The van der Waals surface area contributed by atoms with E-state index in [2.05, 4.69) is 10.6 Å². The molecule has 1 unspecified atom stereocenters. The predicted molar refractivity (Wildman–Crippen MR) is 93.5 cm³/mol. The number of benzene rings is 1. The van der Waals surface area contributed by atoms with Crippen molar-refractivity contribution in [3.05, 3.63) is 17.7 Å². The molecule has 2 N–H and O–H groups in total. The molecule has 0 saturated carbocycles. The van der Waals surface area contributed by atoms with E-state index in [1.165, 1.54) is 0 Å². The molecule has 0 aliphatic carbocycles. The number of sulfone groups is 1. The van der Waals surface area contributed by atoms with Gasteiger partial charge >= 0.3 is 59.1 Å². The molecule has 28 heavy (non-hydrogen) atoms. The van der Waals surface area contributed by atoms with Crippen molar-refractivity contribution in [3.63, 3.8) is 0 Å². The first kappa shape index (κ1) is 28.7. The van der Waals surface area contributed by atoms with Crippen LogP contribution in [-0.2, 0) is 30.1 Å². The molecule has 0 bridgehead atoms. The van der Waals surface area contributed by atoms with Crippen LogP contribution in [0.2, 0.25) is 0 Å². The van der Waals surface area contributed by atoms with E-state index >= 15 is 0 Å². The van der Waals surface area contributed by atoms with E-state index in [0.29, 0.717) is 6.42 Å². The first-order chi connectivity index (χ1) is 11.7. The SMILES string of the molecule is Cc1c(S(=O)(=O)[O-])cc(NC(=S)NC2CCS(=O)(=O)C2)cc1S(=O)(=O)[O-].[Na+].[Na+]. The number of rotatable bonds is 4. The third-order valence-corrected chi connectivity index (χ3v) is 7.59. The van der Waals surface area contributed by atoms with Crippen LogP contribution in [0.4, 0.5) is 5.69 Å². The van der Waals surface area contributed by atoms with Gasteiger partial charge in [0, 0.05) is 11.7 Å². The van der Waals surface area contributed by atoms with Crippen molar-refractivity contribution in [2.45, 2.75) is 29.2 Å². The van der Waals surface area contributed by atoms with Crippen LogP contribution in [0.1, 0.15) is 12.0 Å². The van der Waals surface area contributed by atoms with Crippen LogP contribution in [0.25, 0.3) is 0 Å². The number of hydrogen-bond acceptors (Lipinski definition) is 9. The smallest absolute Gasteiger partial charge is 0.744 e. The molecular formula is C12H14N2Na2O8S4. The maximum Gasteiger partial charge on any atom is 1.00 e. The van der Waals surface area contributed by atoms with Crippen molar-refractivity contribution in [2.24, 2.45) is 0 Å². The summed E-state index contributed by atoms with van der Waals surface area (Å²) in [4.78, 5) is -1.74. The van der Waals surface area contributed by atoms with E-state index in [4.69, 9.17) is 12.2 Å². The molecular weight excluding hydrogens is 474 g/mol. The van der Waals surface area contributed by atoms with Gasteiger partial charge in [0.25, 0.3) is 0 Å². The van der Waals surface area contributed by atoms with Crippen molar-refractivity contribution in [2.75, 3.05) is 16.8 Å². The Morgan fingerprint density at radius 2 is 1.57 bits per heavy atom. The Morgan fingerprint density at radius 3 is 1.93 bits per heavy atom. The molecule has 1 aromatic carbocycles. The molecule has 1 saturated heterocycles. The molecule has 0 radical (unpaired) electrons. The van der Waals surface area contributed by atoms with Crippen LogP contribution in [0.3, 0.4) is 0 Å². The van der Waals surface area contributed by atoms with Crippen LogP contribution in [0.15, 0.2) is 21.9 Å². The average Bonchev–Trinajstić information content (AvgIpc) is 2.77. The zero-order valence-corrected chi connectivity index (χ0v) is 22.5. The second kappa shape index (κ2) is 10.3. The van der Waals surface area contributed by atoms with Gasteiger partial charge < -0.3 is 19.7 Å². The molecule has 10 nitrogen and oxygen atoms in total. The van der Waals surface area contributed by atoms with Crippen LogP contribution in [0.5, 0.6) is 0 Å². The monoisotopic (exact) mass is 488 g/mol. The van der Waals surface area contributed by atoms with Crippen molar-refractivity contribution in [3.8, 4) is 0 Å². The minimum atomic E-state index is -5.05. The third-order valence-electron chi connectivity index (χ3n) is 3.68. The number of thiocarbonyl (C=S) groups is 1. The Labute approximate surface area is 213 Å². The molecule has 0 spiro atoms. The molecule has 2 rings (SSSR count). The average molecular weight is 488 g/mol. The largest absolute Gasteiger partial charge is 1.00 e. The molecule has 0 amide bonds. The zero-order valence-electron chi connectivity index (χ0n) is 15.3. The maximum absolute atomic E-state index is 11.4. The summed E-state index contributed by atoms with van der Waals surface area (Å²) in [5, 5.41) is 5.06. The fraction of sp³-hybridized carbons (Fsp3) is 0.417. The summed E-state index contributed by atoms with van der Waals surface area (Å²) in [5.74, 6) is -0.141. The van der Waals surface area contributed by atoms with Gasteiger partial charge in [0.2, 0.25) is 0 Å². The van der Waals surface area contributed by atoms with Crippen molar-refractivity contribution in [1.82, 2.24) is 5.32 Å². The van der Waals surface area contributed by atoms with Gasteiger partial charge in [-0.25, -0.2) is 25.3 Å². The molecule has 1 aromatic rings. The van der Waals surface area contributed by atoms with Gasteiger partial charge in [-0.2, -0.15) is 0 Å². The van der Waals surface area contributed by atoms with Crippen LogP contribution in [0, 0.1) is 6.92 Å². The second-order valence-corrected chi connectivity index (χ2v) is 11.0. The normalized spacial score (nSPS) is 18.5. The van der Waals surface area contributed by atoms with Crippen molar-refractivity contribution in [1.29, 1.82) is 0 Å². The van der Waals surface area contributed by atoms with Crippen molar-refractivity contribution < 1.29 is 93.5 Å².